The van der Waals surface area contributed by atoms with Crippen LogP contribution in [0.25, 0.3) is 0 Å². The molecule has 0 saturated carbocycles. The van der Waals surface area contributed by atoms with E-state index in [9.17, 15) is 13.2 Å². The van der Waals surface area contributed by atoms with E-state index in [1.54, 1.807) is 24.0 Å². The Hall–Kier alpha value is -2.46. The molecule has 0 aliphatic carbocycles. The SMILES string of the molecule is Cc1cc(C(=O)N2CCCC3(CNS(=O)(=O)c4cccnc4O3)C2)no1. The Bertz CT molecular complexity index is 957. The number of likely N-dealkylation sites (tertiary alicyclic amines) is 1. The number of aryl methyl sites for hydroxylation is 1. The molecule has 0 radical (unpaired) electrons. The van der Waals surface area contributed by atoms with Gasteiger partial charge in [-0.1, -0.05) is 5.16 Å². The number of hydrogen-bond donors (Lipinski definition) is 1. The first kappa shape index (κ1) is 17.0. The average Bonchev–Trinajstić information content (AvgIpc) is 3.02. The van der Waals surface area contributed by atoms with Crippen molar-refractivity contribution in [3.63, 3.8) is 0 Å². The third-order valence-corrected chi connectivity index (χ3v) is 6.01. The zero-order chi connectivity index (χ0) is 18.4. The predicted octanol–water partition coefficient (Wildman–Crippen LogP) is 0.724. The zero-order valence-electron chi connectivity index (χ0n) is 14.1. The lowest BCUT2D eigenvalue weighted by Crippen LogP contribution is -2.58. The zero-order valence-corrected chi connectivity index (χ0v) is 15.0. The second kappa shape index (κ2) is 6.06. The van der Waals surface area contributed by atoms with Crippen molar-refractivity contribution in [2.24, 2.45) is 0 Å². The van der Waals surface area contributed by atoms with Gasteiger partial charge in [0.2, 0.25) is 15.9 Å². The van der Waals surface area contributed by atoms with Crippen LogP contribution in [0.1, 0.15) is 29.1 Å². The predicted molar refractivity (Wildman–Crippen MR) is 89.2 cm³/mol. The minimum atomic E-state index is -3.71. The van der Waals surface area contributed by atoms with Gasteiger partial charge in [-0.15, -0.1) is 0 Å². The molecule has 2 aliphatic rings. The van der Waals surface area contributed by atoms with Crippen LogP contribution in [0.4, 0.5) is 0 Å². The Kier molecular flexibility index (Phi) is 3.96. The molecule has 2 aromatic heterocycles. The van der Waals surface area contributed by atoms with Crippen LogP contribution in [0.15, 0.2) is 33.8 Å². The monoisotopic (exact) mass is 378 g/mol. The molecular formula is C16H18N4O5S. The minimum Gasteiger partial charge on any atom is -0.467 e. The van der Waals surface area contributed by atoms with Crippen molar-refractivity contribution >= 4 is 15.9 Å². The van der Waals surface area contributed by atoms with E-state index < -0.39 is 15.6 Å². The van der Waals surface area contributed by atoms with Gasteiger partial charge in [0.1, 0.15) is 16.3 Å². The summed E-state index contributed by atoms with van der Waals surface area (Å²) < 4.78 is 38.5. The summed E-state index contributed by atoms with van der Waals surface area (Å²) in [6.07, 6.45) is 2.76. The Balaban J connectivity index is 1.63. The maximum Gasteiger partial charge on any atom is 0.276 e. The minimum absolute atomic E-state index is 0.00690. The fraction of sp³-hybridized carbons (Fsp3) is 0.438. The summed E-state index contributed by atoms with van der Waals surface area (Å²) >= 11 is 0. The number of pyridine rings is 1. The van der Waals surface area contributed by atoms with Gasteiger partial charge >= 0.3 is 0 Å². The first-order valence-corrected chi connectivity index (χ1v) is 9.73. The van der Waals surface area contributed by atoms with Crippen molar-refractivity contribution in [1.82, 2.24) is 19.8 Å². The molecule has 1 unspecified atom stereocenters. The highest BCUT2D eigenvalue weighted by Crippen LogP contribution is 2.33. The summed E-state index contributed by atoms with van der Waals surface area (Å²) in [5.41, 5.74) is -0.647. The maximum atomic E-state index is 12.7. The number of carbonyl (C=O) groups is 1. The maximum absolute atomic E-state index is 12.7. The number of nitrogens with zero attached hydrogens (tertiary/aromatic N) is 3. The summed E-state index contributed by atoms with van der Waals surface area (Å²) in [7, 11) is -3.71. The van der Waals surface area contributed by atoms with Crippen LogP contribution in [0.5, 0.6) is 5.88 Å². The van der Waals surface area contributed by atoms with Gasteiger partial charge in [0.05, 0.1) is 13.1 Å². The fourth-order valence-electron chi connectivity index (χ4n) is 3.33. The number of amides is 1. The molecule has 9 nitrogen and oxygen atoms in total. The van der Waals surface area contributed by atoms with Gasteiger partial charge in [-0.2, -0.15) is 0 Å². The van der Waals surface area contributed by atoms with E-state index in [0.29, 0.717) is 25.1 Å². The molecule has 1 amide bonds. The van der Waals surface area contributed by atoms with E-state index in [-0.39, 0.29) is 35.5 Å². The first-order valence-electron chi connectivity index (χ1n) is 8.25. The number of sulfonamides is 1. The van der Waals surface area contributed by atoms with Gasteiger partial charge in [-0.3, -0.25) is 4.79 Å². The van der Waals surface area contributed by atoms with Crippen LogP contribution in [-0.2, 0) is 10.0 Å². The van der Waals surface area contributed by atoms with Crippen LogP contribution < -0.4 is 9.46 Å². The number of ether oxygens (including phenoxy) is 1. The summed E-state index contributed by atoms with van der Waals surface area (Å²) in [5.74, 6) is 0.346. The van der Waals surface area contributed by atoms with Gasteiger partial charge in [0.25, 0.3) is 5.91 Å². The third-order valence-electron chi connectivity index (χ3n) is 4.60. The summed E-state index contributed by atoms with van der Waals surface area (Å²) in [6, 6.07) is 4.58. The van der Waals surface area contributed by atoms with E-state index in [4.69, 9.17) is 9.26 Å². The first-order chi connectivity index (χ1) is 12.4. The highest BCUT2D eigenvalue weighted by atomic mass is 32.2. The molecule has 0 bridgehead atoms. The quantitative estimate of drug-likeness (QED) is 0.778. The van der Waals surface area contributed by atoms with Crippen LogP contribution in [0.3, 0.4) is 0 Å². The standard InChI is InChI=1S/C16H18N4O5S/c1-11-8-12(19-25-11)15(21)20-7-3-5-16(10-20)9-18-26(22,23)13-4-2-6-17-14(13)24-16/h2,4,6,8,18H,3,5,7,9-10H2,1H3. The van der Waals surface area contributed by atoms with Gasteiger partial charge in [0, 0.05) is 18.8 Å². The van der Waals surface area contributed by atoms with Crippen molar-refractivity contribution in [3.8, 4) is 5.88 Å². The topological polar surface area (TPSA) is 115 Å². The lowest BCUT2D eigenvalue weighted by atomic mass is 9.92. The summed E-state index contributed by atoms with van der Waals surface area (Å²) in [5, 5.41) is 3.77. The number of nitrogens with one attached hydrogen (secondary N) is 1. The van der Waals surface area contributed by atoms with Crippen molar-refractivity contribution in [1.29, 1.82) is 0 Å². The third kappa shape index (κ3) is 2.95. The molecule has 4 rings (SSSR count). The number of piperidine rings is 1. The molecule has 0 aromatic carbocycles. The van der Waals surface area contributed by atoms with Crippen LogP contribution in [0.2, 0.25) is 0 Å². The fourth-order valence-corrected chi connectivity index (χ4v) is 4.52. The van der Waals surface area contributed by atoms with Gasteiger partial charge in [-0.05, 0) is 31.9 Å². The Morgan fingerprint density at radius 1 is 1.42 bits per heavy atom. The molecule has 4 heterocycles. The molecule has 2 aliphatic heterocycles. The number of hydrogen-bond acceptors (Lipinski definition) is 7. The molecule has 138 valence electrons. The van der Waals surface area contributed by atoms with Gasteiger partial charge in [-0.25, -0.2) is 18.1 Å². The van der Waals surface area contributed by atoms with Crippen molar-refractivity contribution in [2.75, 3.05) is 19.6 Å². The highest BCUT2D eigenvalue weighted by Gasteiger charge is 2.44. The number of aromatic nitrogens is 2. The summed E-state index contributed by atoms with van der Waals surface area (Å²) in [6.45, 7) is 2.55. The van der Waals surface area contributed by atoms with Crippen LogP contribution in [-0.4, -0.2) is 54.6 Å². The van der Waals surface area contributed by atoms with Gasteiger partial charge < -0.3 is 14.2 Å². The van der Waals surface area contributed by atoms with E-state index in [1.807, 2.05) is 0 Å². The van der Waals surface area contributed by atoms with Crippen LogP contribution >= 0.6 is 0 Å². The molecule has 10 heteroatoms. The number of carbonyl (C=O) groups excluding carboxylic acids is 1. The molecule has 1 N–H and O–H groups in total. The second-order valence-electron chi connectivity index (χ2n) is 6.57. The molecule has 1 fully saturated rings. The van der Waals surface area contributed by atoms with Crippen molar-refractivity contribution in [3.05, 3.63) is 35.9 Å². The van der Waals surface area contributed by atoms with Crippen molar-refractivity contribution in [2.45, 2.75) is 30.3 Å². The van der Waals surface area contributed by atoms with E-state index in [1.165, 1.54) is 12.3 Å². The highest BCUT2D eigenvalue weighted by molar-refractivity contribution is 7.89. The Morgan fingerprint density at radius 2 is 2.27 bits per heavy atom. The largest absolute Gasteiger partial charge is 0.467 e. The van der Waals surface area contributed by atoms with Gasteiger partial charge in [0.15, 0.2) is 5.69 Å². The lowest BCUT2D eigenvalue weighted by molar-refractivity contribution is -0.00435. The normalized spacial score (nSPS) is 24.6. The number of fused-ring (bicyclic) bond motifs is 1. The smallest absolute Gasteiger partial charge is 0.276 e. The average molecular weight is 378 g/mol. The molecule has 26 heavy (non-hydrogen) atoms. The molecule has 2 aromatic rings. The Morgan fingerprint density at radius 3 is 3.04 bits per heavy atom. The molecule has 1 spiro atoms. The summed E-state index contributed by atoms with van der Waals surface area (Å²) in [4.78, 5) is 18.4. The second-order valence-corrected chi connectivity index (χ2v) is 8.30. The van der Waals surface area contributed by atoms with E-state index in [2.05, 4.69) is 14.9 Å². The number of rotatable bonds is 1. The molecule has 1 atom stereocenters. The molecule has 1 saturated heterocycles. The lowest BCUT2D eigenvalue weighted by Gasteiger charge is -2.41. The van der Waals surface area contributed by atoms with Crippen LogP contribution in [0, 0.1) is 6.92 Å². The molecular weight excluding hydrogens is 360 g/mol. The van der Waals surface area contributed by atoms with E-state index in [0.717, 1.165) is 0 Å². The van der Waals surface area contributed by atoms with E-state index >= 15 is 0 Å². The van der Waals surface area contributed by atoms with Crippen molar-refractivity contribution < 1.29 is 22.5 Å². The Labute approximate surface area is 150 Å².